The molecule has 1 heterocycles. The highest BCUT2D eigenvalue weighted by atomic mass is 32.2. The maximum absolute atomic E-state index is 11.3. The number of nitrogens with one attached hydrogen (secondary N) is 2. The first kappa shape index (κ1) is 11.7. The third kappa shape index (κ3) is 2.15. The van der Waals surface area contributed by atoms with Crippen LogP contribution >= 0.6 is 0 Å². The Morgan fingerprint density at radius 2 is 2.11 bits per heavy atom. The molecule has 3 rings (SSSR count). The highest BCUT2D eigenvalue weighted by molar-refractivity contribution is 7.88. The molecule has 1 aromatic carbocycles. The monoisotopic (exact) mass is 264 g/mol. The number of fused-ring (bicyclic) bond motifs is 3. The summed E-state index contributed by atoms with van der Waals surface area (Å²) < 4.78 is 25.3. The molecular formula is C13H16N2O2S. The minimum absolute atomic E-state index is 0.0201. The number of para-hydroxylation sites is 1. The van der Waals surface area contributed by atoms with Crippen LogP contribution in [0, 0.1) is 0 Å². The second-order valence-electron chi connectivity index (χ2n) is 4.96. The van der Waals surface area contributed by atoms with Gasteiger partial charge in [0, 0.05) is 22.6 Å². The van der Waals surface area contributed by atoms with E-state index < -0.39 is 10.0 Å². The minimum Gasteiger partial charge on any atom is -0.358 e. The molecule has 0 radical (unpaired) electrons. The Labute approximate surface area is 106 Å². The summed E-state index contributed by atoms with van der Waals surface area (Å²) in [6.45, 7) is 0. The van der Waals surface area contributed by atoms with Crippen LogP contribution in [0.5, 0.6) is 0 Å². The van der Waals surface area contributed by atoms with Crippen LogP contribution in [0.25, 0.3) is 10.9 Å². The van der Waals surface area contributed by atoms with Crippen molar-refractivity contribution in [1.29, 1.82) is 0 Å². The van der Waals surface area contributed by atoms with E-state index in [2.05, 4.69) is 21.8 Å². The van der Waals surface area contributed by atoms with Crippen molar-refractivity contribution in [1.82, 2.24) is 9.71 Å². The zero-order chi connectivity index (χ0) is 12.8. The fraction of sp³-hybridized carbons (Fsp3) is 0.385. The lowest BCUT2D eigenvalue weighted by molar-refractivity contribution is 0.509. The van der Waals surface area contributed by atoms with Crippen LogP contribution in [0.3, 0.4) is 0 Å². The third-order valence-corrected chi connectivity index (χ3v) is 4.24. The standard InChI is InChI=1S/C13H16N2O2S/c1-18(16,17)15-9-6-7-13-11(8-9)10-4-2-3-5-12(10)14-13/h2-5,9,14-15H,6-8H2,1H3. The van der Waals surface area contributed by atoms with Crippen molar-refractivity contribution in [2.45, 2.75) is 25.3 Å². The number of sulfonamides is 1. The second kappa shape index (κ2) is 4.10. The first-order valence-electron chi connectivity index (χ1n) is 6.09. The van der Waals surface area contributed by atoms with Gasteiger partial charge in [0.1, 0.15) is 0 Å². The smallest absolute Gasteiger partial charge is 0.208 e. The van der Waals surface area contributed by atoms with E-state index in [4.69, 9.17) is 0 Å². The number of hydrogen-bond acceptors (Lipinski definition) is 2. The van der Waals surface area contributed by atoms with Gasteiger partial charge in [-0.05, 0) is 30.9 Å². The molecule has 2 aromatic rings. The van der Waals surface area contributed by atoms with Gasteiger partial charge >= 0.3 is 0 Å². The fourth-order valence-corrected chi connectivity index (χ4v) is 3.58. The lowest BCUT2D eigenvalue weighted by atomic mass is 9.92. The van der Waals surface area contributed by atoms with E-state index in [1.54, 1.807) is 0 Å². The molecule has 0 saturated carbocycles. The normalized spacial score (nSPS) is 19.9. The van der Waals surface area contributed by atoms with Gasteiger partial charge in [-0.1, -0.05) is 18.2 Å². The average molecular weight is 264 g/mol. The molecular weight excluding hydrogens is 248 g/mol. The molecule has 1 aliphatic carbocycles. The molecule has 18 heavy (non-hydrogen) atoms. The average Bonchev–Trinajstić information content (AvgIpc) is 2.65. The van der Waals surface area contributed by atoms with Gasteiger partial charge in [-0.3, -0.25) is 0 Å². The van der Waals surface area contributed by atoms with Crippen LogP contribution < -0.4 is 4.72 Å². The number of aryl methyl sites for hydroxylation is 1. The van der Waals surface area contributed by atoms with Crippen LogP contribution in [0.1, 0.15) is 17.7 Å². The molecule has 96 valence electrons. The van der Waals surface area contributed by atoms with Crippen molar-refractivity contribution in [3.8, 4) is 0 Å². The number of hydrogen-bond donors (Lipinski definition) is 2. The maximum atomic E-state index is 11.3. The predicted molar refractivity (Wildman–Crippen MR) is 72.1 cm³/mol. The Kier molecular flexibility index (Phi) is 2.68. The summed E-state index contributed by atoms with van der Waals surface area (Å²) in [6, 6.07) is 8.20. The minimum atomic E-state index is -3.12. The van der Waals surface area contributed by atoms with Crippen molar-refractivity contribution in [2.24, 2.45) is 0 Å². The fourth-order valence-electron chi connectivity index (χ4n) is 2.77. The number of aromatic nitrogens is 1. The van der Waals surface area contributed by atoms with Crippen LogP contribution in [0.2, 0.25) is 0 Å². The molecule has 1 aromatic heterocycles. The first-order chi connectivity index (χ1) is 8.53. The van der Waals surface area contributed by atoms with Gasteiger partial charge < -0.3 is 4.98 Å². The van der Waals surface area contributed by atoms with E-state index in [-0.39, 0.29) is 6.04 Å². The van der Waals surface area contributed by atoms with Gasteiger partial charge in [-0.2, -0.15) is 0 Å². The van der Waals surface area contributed by atoms with Crippen LogP contribution in [-0.2, 0) is 22.9 Å². The first-order valence-corrected chi connectivity index (χ1v) is 7.98. The largest absolute Gasteiger partial charge is 0.358 e. The Hall–Kier alpha value is -1.33. The Bertz CT molecular complexity index is 688. The lowest BCUT2D eigenvalue weighted by Crippen LogP contribution is -2.38. The Morgan fingerprint density at radius 1 is 1.33 bits per heavy atom. The molecule has 2 N–H and O–H groups in total. The molecule has 1 aliphatic rings. The summed E-state index contributed by atoms with van der Waals surface area (Å²) in [5, 5.41) is 1.22. The van der Waals surface area contributed by atoms with Gasteiger partial charge in [-0.15, -0.1) is 0 Å². The van der Waals surface area contributed by atoms with Crippen molar-refractivity contribution in [2.75, 3.05) is 6.26 Å². The van der Waals surface area contributed by atoms with Crippen LogP contribution in [-0.4, -0.2) is 25.7 Å². The SMILES string of the molecule is CS(=O)(=O)NC1CCc2[nH]c3ccccc3c2C1. The van der Waals surface area contributed by atoms with Crippen molar-refractivity contribution in [3.63, 3.8) is 0 Å². The van der Waals surface area contributed by atoms with Gasteiger partial charge in [-0.25, -0.2) is 13.1 Å². The summed E-state index contributed by atoms with van der Waals surface area (Å²) >= 11 is 0. The van der Waals surface area contributed by atoms with E-state index in [1.165, 1.54) is 22.9 Å². The van der Waals surface area contributed by atoms with Crippen LogP contribution in [0.15, 0.2) is 24.3 Å². The van der Waals surface area contributed by atoms with Crippen LogP contribution in [0.4, 0.5) is 0 Å². The highest BCUT2D eigenvalue weighted by Gasteiger charge is 2.24. The molecule has 0 fully saturated rings. The van der Waals surface area contributed by atoms with Crippen molar-refractivity contribution < 1.29 is 8.42 Å². The summed E-state index contributed by atoms with van der Waals surface area (Å²) in [5.41, 5.74) is 3.66. The van der Waals surface area contributed by atoms with E-state index in [9.17, 15) is 8.42 Å². The molecule has 0 spiro atoms. The summed E-state index contributed by atoms with van der Waals surface area (Å²) in [5.74, 6) is 0. The molecule has 5 heteroatoms. The summed E-state index contributed by atoms with van der Waals surface area (Å²) in [6.07, 6.45) is 3.74. The molecule has 1 unspecified atom stereocenters. The van der Waals surface area contributed by atoms with E-state index in [0.717, 1.165) is 24.8 Å². The Morgan fingerprint density at radius 3 is 2.89 bits per heavy atom. The molecule has 1 atom stereocenters. The summed E-state index contributed by atoms with van der Waals surface area (Å²) in [4.78, 5) is 3.42. The van der Waals surface area contributed by atoms with Gasteiger partial charge in [0.2, 0.25) is 10.0 Å². The van der Waals surface area contributed by atoms with Gasteiger partial charge in [0.15, 0.2) is 0 Å². The number of H-pyrrole nitrogens is 1. The topological polar surface area (TPSA) is 62.0 Å². The van der Waals surface area contributed by atoms with E-state index in [1.807, 2.05) is 12.1 Å². The van der Waals surface area contributed by atoms with E-state index in [0.29, 0.717) is 0 Å². The molecule has 0 amide bonds. The molecule has 0 saturated heterocycles. The quantitative estimate of drug-likeness (QED) is 0.865. The molecule has 4 nitrogen and oxygen atoms in total. The molecule has 0 aliphatic heterocycles. The number of aromatic amines is 1. The van der Waals surface area contributed by atoms with Crippen molar-refractivity contribution in [3.05, 3.63) is 35.5 Å². The maximum Gasteiger partial charge on any atom is 0.208 e. The summed E-state index contributed by atoms with van der Waals surface area (Å²) in [7, 11) is -3.12. The number of benzene rings is 1. The Balaban J connectivity index is 1.96. The van der Waals surface area contributed by atoms with Crippen molar-refractivity contribution >= 4 is 20.9 Å². The second-order valence-corrected chi connectivity index (χ2v) is 6.74. The van der Waals surface area contributed by atoms with Gasteiger partial charge in [0.05, 0.1) is 6.26 Å². The third-order valence-electron chi connectivity index (χ3n) is 3.48. The predicted octanol–water partition coefficient (Wildman–Crippen LogP) is 1.57. The highest BCUT2D eigenvalue weighted by Crippen LogP contribution is 2.29. The zero-order valence-corrected chi connectivity index (χ0v) is 11.0. The van der Waals surface area contributed by atoms with Gasteiger partial charge in [0.25, 0.3) is 0 Å². The van der Waals surface area contributed by atoms with E-state index >= 15 is 0 Å². The molecule has 0 bridgehead atoms. The zero-order valence-electron chi connectivity index (χ0n) is 10.2. The lowest BCUT2D eigenvalue weighted by Gasteiger charge is -2.22. The number of rotatable bonds is 2.